The summed E-state index contributed by atoms with van der Waals surface area (Å²) >= 11 is 6.04. The van der Waals surface area contributed by atoms with Gasteiger partial charge in [-0.25, -0.2) is 0 Å². The number of hydrogen-bond donors (Lipinski definition) is 0. The van der Waals surface area contributed by atoms with Crippen molar-refractivity contribution in [1.29, 1.82) is 0 Å². The van der Waals surface area contributed by atoms with Crippen LogP contribution in [0.2, 0.25) is 5.02 Å². The first-order chi connectivity index (χ1) is 10.1. The summed E-state index contributed by atoms with van der Waals surface area (Å²) in [6.07, 6.45) is 0.943. The Balaban J connectivity index is 2.11. The SMILES string of the molecule is COc1cccc(Cl)c1C(=O)[PH](=O)CCc1ccccc1. The number of carbonyl (C=O) groups excluding carboxylic acids is 1. The van der Waals surface area contributed by atoms with Gasteiger partial charge in [0.05, 0.1) is 17.7 Å². The average Bonchev–Trinajstić information content (AvgIpc) is 2.52. The van der Waals surface area contributed by atoms with E-state index in [4.69, 9.17) is 16.3 Å². The summed E-state index contributed by atoms with van der Waals surface area (Å²) in [6, 6.07) is 14.6. The number of halogens is 1. The first-order valence-electron chi connectivity index (χ1n) is 6.57. The third kappa shape index (κ3) is 3.96. The molecule has 0 spiro atoms. The lowest BCUT2D eigenvalue weighted by atomic mass is 10.2. The lowest BCUT2D eigenvalue weighted by molar-refractivity contribution is 0.107. The largest absolute Gasteiger partial charge is 0.496 e. The highest BCUT2D eigenvalue weighted by molar-refractivity contribution is 7.64. The van der Waals surface area contributed by atoms with Gasteiger partial charge in [-0.2, -0.15) is 0 Å². The molecule has 0 aromatic heterocycles. The summed E-state index contributed by atoms with van der Waals surface area (Å²) in [4.78, 5) is 12.3. The van der Waals surface area contributed by atoms with E-state index in [0.717, 1.165) is 5.56 Å². The molecule has 0 aliphatic rings. The molecule has 3 nitrogen and oxygen atoms in total. The van der Waals surface area contributed by atoms with Crippen LogP contribution < -0.4 is 4.74 Å². The van der Waals surface area contributed by atoms with Crippen molar-refractivity contribution in [3.8, 4) is 5.75 Å². The molecular formula is C16H16ClO3P. The Morgan fingerprint density at radius 1 is 1.14 bits per heavy atom. The van der Waals surface area contributed by atoms with Crippen LogP contribution in [-0.2, 0) is 11.0 Å². The Kier molecular flexibility index (Phi) is 5.60. The first-order valence-corrected chi connectivity index (χ1v) is 8.56. The second kappa shape index (κ2) is 7.44. The van der Waals surface area contributed by atoms with Gasteiger partial charge in [-0.3, -0.25) is 4.79 Å². The van der Waals surface area contributed by atoms with Gasteiger partial charge >= 0.3 is 0 Å². The highest BCUT2D eigenvalue weighted by Crippen LogP contribution is 2.36. The third-order valence-electron chi connectivity index (χ3n) is 3.16. The molecule has 0 fully saturated rings. The Bertz CT molecular complexity index is 656. The van der Waals surface area contributed by atoms with Crippen molar-refractivity contribution in [3.05, 3.63) is 64.7 Å². The second-order valence-corrected chi connectivity index (χ2v) is 6.76. The molecule has 0 aliphatic carbocycles. The lowest BCUT2D eigenvalue weighted by Crippen LogP contribution is -2.01. The zero-order valence-corrected chi connectivity index (χ0v) is 13.4. The maximum absolute atomic E-state index is 12.3. The fraction of sp³-hybridized carbons (Fsp3) is 0.188. The van der Waals surface area contributed by atoms with E-state index in [1.165, 1.54) is 7.11 Å². The van der Waals surface area contributed by atoms with E-state index in [2.05, 4.69) is 0 Å². The van der Waals surface area contributed by atoms with Gasteiger partial charge in [-0.1, -0.05) is 48.0 Å². The van der Waals surface area contributed by atoms with Crippen LogP contribution in [0.1, 0.15) is 15.9 Å². The minimum atomic E-state index is -2.42. The van der Waals surface area contributed by atoms with Crippen LogP contribution in [-0.4, -0.2) is 18.8 Å². The smallest absolute Gasteiger partial charge is 0.223 e. The zero-order valence-electron chi connectivity index (χ0n) is 11.6. The van der Waals surface area contributed by atoms with E-state index in [1.54, 1.807) is 18.2 Å². The standard InChI is InChI=1S/C16H16ClO3P/c1-20-14-9-5-8-13(17)15(14)16(18)21(19)11-10-12-6-3-2-4-7-12/h2-9,21H,10-11H2,1H3. The van der Waals surface area contributed by atoms with E-state index in [9.17, 15) is 9.36 Å². The molecule has 5 heteroatoms. The summed E-state index contributed by atoms with van der Waals surface area (Å²) in [5.41, 5.74) is 0.867. The van der Waals surface area contributed by atoms with Crippen molar-refractivity contribution in [1.82, 2.24) is 0 Å². The Labute approximate surface area is 129 Å². The Hall–Kier alpha value is -1.57. The quantitative estimate of drug-likeness (QED) is 0.745. The summed E-state index contributed by atoms with van der Waals surface area (Å²) in [6.45, 7) is 0. The highest BCUT2D eigenvalue weighted by Gasteiger charge is 2.21. The third-order valence-corrected chi connectivity index (χ3v) is 4.93. The van der Waals surface area contributed by atoms with Crippen molar-refractivity contribution in [2.75, 3.05) is 13.3 Å². The highest BCUT2D eigenvalue weighted by atomic mass is 35.5. The Morgan fingerprint density at radius 3 is 2.52 bits per heavy atom. The molecule has 0 heterocycles. The fourth-order valence-electron chi connectivity index (χ4n) is 2.05. The van der Waals surface area contributed by atoms with Crippen LogP contribution in [0.25, 0.3) is 0 Å². The van der Waals surface area contributed by atoms with Crippen molar-refractivity contribution < 1.29 is 14.1 Å². The van der Waals surface area contributed by atoms with Gasteiger partial charge in [0.15, 0.2) is 0 Å². The number of hydrogen-bond acceptors (Lipinski definition) is 3. The average molecular weight is 323 g/mol. The first kappa shape index (κ1) is 15.8. The molecule has 2 aromatic rings. The molecule has 2 rings (SSSR count). The van der Waals surface area contributed by atoms with Crippen LogP contribution in [0.4, 0.5) is 0 Å². The van der Waals surface area contributed by atoms with Crippen LogP contribution in [0.5, 0.6) is 5.75 Å². The summed E-state index contributed by atoms with van der Waals surface area (Å²) in [5, 5.41) is 0.275. The van der Waals surface area contributed by atoms with E-state index < -0.39 is 13.3 Å². The minimum Gasteiger partial charge on any atom is -0.496 e. The molecule has 0 amide bonds. The minimum absolute atomic E-state index is 0.221. The van der Waals surface area contributed by atoms with Crippen molar-refractivity contribution >= 4 is 24.9 Å². The molecule has 0 saturated carbocycles. The monoisotopic (exact) mass is 322 g/mol. The van der Waals surface area contributed by atoms with Gasteiger partial charge in [-0.05, 0) is 24.1 Å². The van der Waals surface area contributed by atoms with E-state index in [0.29, 0.717) is 18.3 Å². The molecule has 1 atom stereocenters. The van der Waals surface area contributed by atoms with Gasteiger partial charge in [0.1, 0.15) is 13.6 Å². The lowest BCUT2D eigenvalue weighted by Gasteiger charge is -2.09. The maximum atomic E-state index is 12.3. The van der Waals surface area contributed by atoms with E-state index >= 15 is 0 Å². The van der Waals surface area contributed by atoms with Gasteiger partial charge in [0.2, 0.25) is 5.52 Å². The summed E-state index contributed by atoms with van der Waals surface area (Å²) in [7, 11) is -0.963. The number of carbonyl (C=O) groups is 1. The van der Waals surface area contributed by atoms with Crippen molar-refractivity contribution in [2.45, 2.75) is 6.42 Å². The van der Waals surface area contributed by atoms with Crippen LogP contribution in [0.15, 0.2) is 48.5 Å². The normalized spacial score (nSPS) is 11.9. The van der Waals surface area contributed by atoms with Gasteiger partial charge in [0, 0.05) is 6.16 Å². The molecule has 1 unspecified atom stereocenters. The van der Waals surface area contributed by atoms with E-state index in [1.807, 2.05) is 30.3 Å². The number of benzene rings is 2. The fourth-order valence-corrected chi connectivity index (χ4v) is 3.66. The molecule has 0 N–H and O–H groups in total. The molecule has 0 radical (unpaired) electrons. The molecule has 110 valence electrons. The molecule has 21 heavy (non-hydrogen) atoms. The maximum Gasteiger partial charge on any atom is 0.223 e. The zero-order chi connectivity index (χ0) is 15.2. The Morgan fingerprint density at radius 2 is 1.86 bits per heavy atom. The molecule has 0 aliphatic heterocycles. The summed E-state index contributed by atoms with van der Waals surface area (Å²) < 4.78 is 17.4. The molecule has 2 aromatic carbocycles. The predicted molar refractivity (Wildman–Crippen MR) is 86.3 cm³/mol. The second-order valence-electron chi connectivity index (χ2n) is 4.55. The van der Waals surface area contributed by atoms with Crippen LogP contribution in [0.3, 0.4) is 0 Å². The van der Waals surface area contributed by atoms with Crippen molar-refractivity contribution in [2.24, 2.45) is 0 Å². The van der Waals surface area contributed by atoms with Crippen LogP contribution in [0, 0.1) is 0 Å². The number of ether oxygens (including phenoxy) is 1. The van der Waals surface area contributed by atoms with Gasteiger partial charge in [0.25, 0.3) is 0 Å². The summed E-state index contributed by atoms with van der Waals surface area (Å²) in [5.74, 6) is 0.366. The predicted octanol–water partition coefficient (Wildman–Crippen LogP) is 4.29. The number of aryl methyl sites for hydroxylation is 1. The molecule has 0 bridgehead atoms. The van der Waals surface area contributed by atoms with Crippen molar-refractivity contribution in [3.63, 3.8) is 0 Å². The van der Waals surface area contributed by atoms with Crippen LogP contribution >= 0.6 is 19.4 Å². The molecular weight excluding hydrogens is 307 g/mol. The molecule has 0 saturated heterocycles. The topological polar surface area (TPSA) is 43.4 Å². The van der Waals surface area contributed by atoms with Gasteiger partial charge in [-0.15, -0.1) is 0 Å². The number of rotatable bonds is 6. The van der Waals surface area contributed by atoms with E-state index in [-0.39, 0.29) is 10.6 Å². The van der Waals surface area contributed by atoms with Gasteiger partial charge < -0.3 is 9.30 Å². The number of methoxy groups -OCH3 is 1.